The summed E-state index contributed by atoms with van der Waals surface area (Å²) in [6.07, 6.45) is 0. The quantitative estimate of drug-likeness (QED) is 0.838. The average Bonchev–Trinajstić information content (AvgIpc) is 2.35. The molecule has 17 heavy (non-hydrogen) atoms. The predicted molar refractivity (Wildman–Crippen MR) is 65.1 cm³/mol. The highest BCUT2D eigenvalue weighted by Crippen LogP contribution is 2.20. The fourth-order valence-corrected chi connectivity index (χ4v) is 1.51. The number of carboxylic acid groups (broad SMARTS) is 1. The molecule has 3 N–H and O–H groups in total. The van der Waals surface area contributed by atoms with Crippen LogP contribution in [0.3, 0.4) is 0 Å². The van der Waals surface area contributed by atoms with Gasteiger partial charge in [0.05, 0.1) is 0 Å². The number of rotatable bonds is 4. The largest absolute Gasteiger partial charge is 0.491 e. The van der Waals surface area contributed by atoms with Gasteiger partial charge in [-0.25, -0.2) is 0 Å². The lowest BCUT2D eigenvalue weighted by Crippen LogP contribution is -2.36. The topological polar surface area (TPSA) is 72.5 Å². The molecule has 0 saturated heterocycles. The fraction of sp³-hybridized carbons (Fsp3) is 0.154. The predicted octanol–water partition coefficient (Wildman–Crippen LogP) is 1.63. The number of hydrogen-bond donors (Lipinski definition) is 2. The summed E-state index contributed by atoms with van der Waals surface area (Å²) in [5.74, 6) is -0.439. The van der Waals surface area contributed by atoms with Crippen molar-refractivity contribution in [1.29, 1.82) is 0 Å². The lowest BCUT2D eigenvalue weighted by molar-refractivity contribution is -0.139. The van der Waals surface area contributed by atoms with Crippen molar-refractivity contribution in [2.75, 3.05) is 6.61 Å². The Kier molecular flexibility index (Phi) is 3.25. The van der Waals surface area contributed by atoms with E-state index in [-0.39, 0.29) is 6.61 Å². The summed E-state index contributed by atoms with van der Waals surface area (Å²) in [5.41, 5.74) is 5.35. The third kappa shape index (κ3) is 2.73. The molecule has 0 aliphatic carbocycles. The van der Waals surface area contributed by atoms with Crippen molar-refractivity contribution in [2.45, 2.75) is 6.04 Å². The van der Waals surface area contributed by atoms with E-state index in [0.717, 1.165) is 10.8 Å². The minimum Gasteiger partial charge on any atom is -0.491 e. The second kappa shape index (κ2) is 4.84. The molecule has 2 aromatic carbocycles. The van der Waals surface area contributed by atoms with Gasteiger partial charge in [-0.2, -0.15) is 0 Å². The SMILES string of the molecule is N[C@@H](COc1ccc2ccccc2c1)C(=O)O. The highest BCUT2D eigenvalue weighted by atomic mass is 16.5. The number of nitrogens with two attached hydrogens (primary N) is 1. The van der Waals surface area contributed by atoms with Crippen LogP contribution in [0.25, 0.3) is 10.8 Å². The number of benzene rings is 2. The Balaban J connectivity index is 2.12. The zero-order valence-corrected chi connectivity index (χ0v) is 9.17. The van der Waals surface area contributed by atoms with E-state index in [1.54, 1.807) is 6.07 Å². The Morgan fingerprint density at radius 1 is 1.24 bits per heavy atom. The van der Waals surface area contributed by atoms with E-state index in [1.165, 1.54) is 0 Å². The lowest BCUT2D eigenvalue weighted by Gasteiger charge is -2.09. The third-order valence-electron chi connectivity index (χ3n) is 2.47. The molecule has 0 spiro atoms. The molecule has 0 radical (unpaired) electrons. The van der Waals surface area contributed by atoms with Crippen molar-refractivity contribution in [3.8, 4) is 5.75 Å². The highest BCUT2D eigenvalue weighted by Gasteiger charge is 2.11. The first-order valence-corrected chi connectivity index (χ1v) is 5.27. The van der Waals surface area contributed by atoms with E-state index in [0.29, 0.717) is 5.75 Å². The normalized spacial score (nSPS) is 12.3. The minimum atomic E-state index is -1.06. The summed E-state index contributed by atoms with van der Waals surface area (Å²) in [6, 6.07) is 12.5. The Labute approximate surface area is 98.6 Å². The second-order valence-corrected chi connectivity index (χ2v) is 3.76. The van der Waals surface area contributed by atoms with Gasteiger partial charge in [-0.15, -0.1) is 0 Å². The molecule has 1 atom stereocenters. The van der Waals surface area contributed by atoms with Gasteiger partial charge in [-0.05, 0) is 22.9 Å². The summed E-state index contributed by atoms with van der Waals surface area (Å²) in [5, 5.41) is 10.8. The maximum absolute atomic E-state index is 10.5. The first kappa shape index (κ1) is 11.4. The van der Waals surface area contributed by atoms with Crippen LogP contribution in [0.15, 0.2) is 42.5 Å². The van der Waals surface area contributed by atoms with Crippen LogP contribution in [-0.4, -0.2) is 23.7 Å². The van der Waals surface area contributed by atoms with Crippen LogP contribution in [0.5, 0.6) is 5.75 Å². The molecule has 4 nitrogen and oxygen atoms in total. The van der Waals surface area contributed by atoms with Gasteiger partial charge in [0.15, 0.2) is 0 Å². The van der Waals surface area contributed by atoms with Gasteiger partial charge in [0.2, 0.25) is 0 Å². The first-order valence-electron chi connectivity index (χ1n) is 5.27. The Hall–Kier alpha value is -2.07. The maximum Gasteiger partial charge on any atom is 0.324 e. The molecule has 2 rings (SSSR count). The summed E-state index contributed by atoms with van der Waals surface area (Å²) in [4.78, 5) is 10.5. The molecule has 0 bridgehead atoms. The van der Waals surface area contributed by atoms with Crippen LogP contribution in [0.4, 0.5) is 0 Å². The van der Waals surface area contributed by atoms with Crippen LogP contribution in [0.1, 0.15) is 0 Å². The van der Waals surface area contributed by atoms with Crippen molar-refractivity contribution in [3.05, 3.63) is 42.5 Å². The summed E-state index contributed by atoms with van der Waals surface area (Å²) >= 11 is 0. The zero-order valence-electron chi connectivity index (χ0n) is 9.17. The lowest BCUT2D eigenvalue weighted by atomic mass is 10.1. The maximum atomic E-state index is 10.5. The van der Waals surface area contributed by atoms with Crippen LogP contribution in [0, 0.1) is 0 Å². The van der Waals surface area contributed by atoms with Crippen LogP contribution >= 0.6 is 0 Å². The summed E-state index contributed by atoms with van der Waals surface area (Å²) in [7, 11) is 0. The van der Waals surface area contributed by atoms with E-state index < -0.39 is 12.0 Å². The van der Waals surface area contributed by atoms with Crippen LogP contribution in [0.2, 0.25) is 0 Å². The Morgan fingerprint density at radius 3 is 2.65 bits per heavy atom. The van der Waals surface area contributed by atoms with Gasteiger partial charge in [-0.1, -0.05) is 30.3 Å². The van der Waals surface area contributed by atoms with Crippen molar-refractivity contribution in [3.63, 3.8) is 0 Å². The van der Waals surface area contributed by atoms with E-state index >= 15 is 0 Å². The highest BCUT2D eigenvalue weighted by molar-refractivity contribution is 5.83. The minimum absolute atomic E-state index is 0.0341. The van der Waals surface area contributed by atoms with Gasteiger partial charge in [0.25, 0.3) is 0 Å². The standard InChI is InChI=1S/C13H13NO3/c14-12(13(15)16)8-17-11-6-5-9-3-1-2-4-10(9)7-11/h1-7,12H,8,14H2,(H,15,16)/t12-/m0/s1. The van der Waals surface area contributed by atoms with Gasteiger partial charge >= 0.3 is 5.97 Å². The molecule has 2 aromatic rings. The second-order valence-electron chi connectivity index (χ2n) is 3.76. The number of hydrogen-bond acceptors (Lipinski definition) is 3. The molecule has 0 aliphatic heterocycles. The van der Waals surface area contributed by atoms with Gasteiger partial charge in [0, 0.05) is 0 Å². The number of aliphatic carboxylic acids is 1. The monoisotopic (exact) mass is 231 g/mol. The van der Waals surface area contributed by atoms with Crippen molar-refractivity contribution in [1.82, 2.24) is 0 Å². The molecular weight excluding hydrogens is 218 g/mol. The van der Waals surface area contributed by atoms with Crippen molar-refractivity contribution in [2.24, 2.45) is 5.73 Å². The van der Waals surface area contributed by atoms with E-state index in [1.807, 2.05) is 36.4 Å². The number of fused-ring (bicyclic) bond motifs is 1. The van der Waals surface area contributed by atoms with Crippen LogP contribution in [-0.2, 0) is 4.79 Å². The molecular formula is C13H13NO3. The Morgan fingerprint density at radius 2 is 1.94 bits per heavy atom. The Bertz CT molecular complexity index is 539. The number of carboxylic acids is 1. The van der Waals surface area contributed by atoms with E-state index in [2.05, 4.69) is 0 Å². The van der Waals surface area contributed by atoms with Gasteiger partial charge < -0.3 is 15.6 Å². The summed E-state index contributed by atoms with van der Waals surface area (Å²) < 4.78 is 5.33. The van der Waals surface area contributed by atoms with Crippen molar-refractivity contribution >= 4 is 16.7 Å². The zero-order chi connectivity index (χ0) is 12.3. The van der Waals surface area contributed by atoms with Crippen LogP contribution < -0.4 is 10.5 Å². The molecule has 0 fully saturated rings. The molecule has 0 amide bonds. The number of ether oxygens (including phenoxy) is 1. The molecule has 0 saturated carbocycles. The molecule has 0 aliphatic rings. The first-order chi connectivity index (χ1) is 8.16. The van der Waals surface area contributed by atoms with Gasteiger partial charge in [0.1, 0.15) is 18.4 Å². The number of carbonyl (C=O) groups is 1. The third-order valence-corrected chi connectivity index (χ3v) is 2.47. The fourth-order valence-electron chi connectivity index (χ4n) is 1.51. The van der Waals surface area contributed by atoms with E-state index in [9.17, 15) is 4.79 Å². The van der Waals surface area contributed by atoms with E-state index in [4.69, 9.17) is 15.6 Å². The molecule has 0 heterocycles. The smallest absolute Gasteiger partial charge is 0.324 e. The molecule has 0 aromatic heterocycles. The van der Waals surface area contributed by atoms with Gasteiger partial charge in [-0.3, -0.25) is 4.79 Å². The molecule has 88 valence electrons. The molecule has 0 unspecified atom stereocenters. The van der Waals surface area contributed by atoms with Crippen molar-refractivity contribution < 1.29 is 14.6 Å². The molecule has 4 heteroatoms. The summed E-state index contributed by atoms with van der Waals surface area (Å²) in [6.45, 7) is -0.0341. The average molecular weight is 231 g/mol.